The summed E-state index contributed by atoms with van der Waals surface area (Å²) in [5.41, 5.74) is 0. The minimum Gasteiger partial charge on any atom is -0.480 e. The number of rotatable bonds is 5. The fraction of sp³-hybridized carbons (Fsp3) is 0.750. The summed E-state index contributed by atoms with van der Waals surface area (Å²) in [6.45, 7) is 4.41. The minimum atomic E-state index is -1.15. The van der Waals surface area contributed by atoms with Gasteiger partial charge in [-0.25, -0.2) is 0 Å². The summed E-state index contributed by atoms with van der Waals surface area (Å²) < 4.78 is 0. The summed E-state index contributed by atoms with van der Waals surface area (Å²) in [7, 11) is 0. The molecule has 0 bridgehead atoms. The molecule has 0 aromatic carbocycles. The van der Waals surface area contributed by atoms with E-state index in [9.17, 15) is 9.59 Å². The van der Waals surface area contributed by atoms with Crippen molar-refractivity contribution >= 4 is 37.1 Å². The topological polar surface area (TPSA) is 66.4 Å². The van der Waals surface area contributed by atoms with Crippen molar-refractivity contribution in [2.45, 2.75) is 24.3 Å². The molecule has 0 spiro atoms. The lowest BCUT2D eigenvalue weighted by molar-refractivity contribution is -0.137. The van der Waals surface area contributed by atoms with Gasteiger partial charge in [0.05, 0.1) is 0 Å². The standard InChI is InChI=1S/C8H15NO3S2/c1-4(2)3-9-7(10)5(13)6(14)8(11)12/h4-6,13-14H,3H2,1-2H3,(H,9,10)(H,11,12). The van der Waals surface area contributed by atoms with Crippen LogP contribution in [0.1, 0.15) is 13.8 Å². The van der Waals surface area contributed by atoms with E-state index in [0.717, 1.165) is 0 Å². The third-order valence-corrected chi connectivity index (χ3v) is 2.79. The molecule has 82 valence electrons. The van der Waals surface area contributed by atoms with E-state index in [0.29, 0.717) is 12.5 Å². The summed E-state index contributed by atoms with van der Waals surface area (Å²) in [5.74, 6) is -1.22. The van der Waals surface area contributed by atoms with Gasteiger partial charge < -0.3 is 10.4 Å². The highest BCUT2D eigenvalue weighted by Crippen LogP contribution is 2.09. The van der Waals surface area contributed by atoms with E-state index in [1.165, 1.54) is 0 Å². The van der Waals surface area contributed by atoms with Crippen molar-refractivity contribution in [3.05, 3.63) is 0 Å². The van der Waals surface area contributed by atoms with Gasteiger partial charge in [0.1, 0.15) is 10.5 Å². The van der Waals surface area contributed by atoms with Gasteiger partial charge in [-0.2, -0.15) is 25.3 Å². The second-order valence-corrected chi connectivity index (χ2v) is 4.48. The normalized spacial score (nSPS) is 14.9. The SMILES string of the molecule is CC(C)CNC(=O)C(S)C(S)C(=O)O. The molecule has 0 heterocycles. The van der Waals surface area contributed by atoms with Crippen LogP contribution < -0.4 is 5.32 Å². The fourth-order valence-corrected chi connectivity index (χ4v) is 1.04. The molecule has 14 heavy (non-hydrogen) atoms. The van der Waals surface area contributed by atoms with Crippen LogP contribution in [0, 0.1) is 5.92 Å². The van der Waals surface area contributed by atoms with Crippen LogP contribution in [-0.4, -0.2) is 34.0 Å². The highest BCUT2D eigenvalue weighted by molar-refractivity contribution is 7.86. The average molecular weight is 237 g/mol. The quantitative estimate of drug-likeness (QED) is 0.525. The van der Waals surface area contributed by atoms with Crippen molar-refractivity contribution in [3.8, 4) is 0 Å². The van der Waals surface area contributed by atoms with Crippen LogP contribution in [0.5, 0.6) is 0 Å². The molecule has 0 aromatic heterocycles. The molecule has 0 radical (unpaired) electrons. The Morgan fingerprint density at radius 1 is 1.29 bits per heavy atom. The first-order valence-electron chi connectivity index (χ1n) is 4.23. The maximum Gasteiger partial charge on any atom is 0.318 e. The van der Waals surface area contributed by atoms with E-state index in [2.05, 4.69) is 30.6 Å². The zero-order valence-corrected chi connectivity index (χ0v) is 9.89. The Hall–Kier alpha value is -0.360. The number of amides is 1. The van der Waals surface area contributed by atoms with Crippen molar-refractivity contribution in [3.63, 3.8) is 0 Å². The average Bonchev–Trinajstić information content (AvgIpc) is 2.11. The molecule has 2 N–H and O–H groups in total. The fourth-order valence-electron chi connectivity index (χ4n) is 0.688. The molecular weight excluding hydrogens is 222 g/mol. The number of hydrogen-bond acceptors (Lipinski definition) is 4. The van der Waals surface area contributed by atoms with Gasteiger partial charge in [0.25, 0.3) is 0 Å². The maximum atomic E-state index is 11.3. The Kier molecular flexibility index (Phi) is 6.03. The number of aliphatic carboxylic acids is 1. The van der Waals surface area contributed by atoms with Gasteiger partial charge in [-0.1, -0.05) is 13.8 Å². The van der Waals surface area contributed by atoms with Crippen LogP contribution in [0.2, 0.25) is 0 Å². The summed E-state index contributed by atoms with van der Waals surface area (Å²) in [5, 5.41) is 9.16. The molecule has 0 saturated heterocycles. The smallest absolute Gasteiger partial charge is 0.318 e. The molecule has 0 fully saturated rings. The Morgan fingerprint density at radius 2 is 1.79 bits per heavy atom. The Morgan fingerprint density at radius 3 is 2.14 bits per heavy atom. The zero-order valence-electron chi connectivity index (χ0n) is 8.10. The minimum absolute atomic E-state index is 0.322. The number of carbonyl (C=O) groups excluding carboxylic acids is 1. The number of hydrogen-bond donors (Lipinski definition) is 4. The lowest BCUT2D eigenvalue weighted by Crippen LogP contribution is -2.41. The lowest BCUT2D eigenvalue weighted by atomic mass is 10.2. The Balaban J connectivity index is 4.05. The van der Waals surface area contributed by atoms with Gasteiger partial charge >= 0.3 is 5.97 Å². The third kappa shape index (κ3) is 4.76. The van der Waals surface area contributed by atoms with Gasteiger partial charge in [-0.15, -0.1) is 0 Å². The van der Waals surface area contributed by atoms with Crippen LogP contribution in [0.4, 0.5) is 0 Å². The van der Waals surface area contributed by atoms with E-state index < -0.39 is 22.4 Å². The van der Waals surface area contributed by atoms with E-state index in [1.807, 2.05) is 13.8 Å². The summed E-state index contributed by atoms with van der Waals surface area (Å²) in [6.07, 6.45) is 0. The molecule has 0 aliphatic carbocycles. The predicted molar refractivity (Wildman–Crippen MR) is 61.0 cm³/mol. The van der Waals surface area contributed by atoms with Gasteiger partial charge in [0.15, 0.2) is 0 Å². The molecule has 0 aromatic rings. The molecule has 0 aliphatic heterocycles. The Bertz CT molecular complexity index is 221. The molecule has 0 aliphatic rings. The summed E-state index contributed by atoms with van der Waals surface area (Å²) in [6, 6.07) is 0. The van der Waals surface area contributed by atoms with Crippen molar-refractivity contribution < 1.29 is 14.7 Å². The van der Waals surface area contributed by atoms with E-state index >= 15 is 0 Å². The van der Waals surface area contributed by atoms with Crippen LogP contribution in [0.3, 0.4) is 0 Å². The van der Waals surface area contributed by atoms with Crippen LogP contribution in [0.25, 0.3) is 0 Å². The summed E-state index contributed by atoms with van der Waals surface area (Å²) in [4.78, 5) is 21.8. The summed E-state index contributed by atoms with van der Waals surface area (Å²) >= 11 is 7.66. The van der Waals surface area contributed by atoms with Crippen molar-refractivity contribution in [1.82, 2.24) is 5.32 Å². The first-order chi connectivity index (χ1) is 6.36. The predicted octanol–water partition coefficient (Wildman–Crippen LogP) is 0.440. The van der Waals surface area contributed by atoms with Gasteiger partial charge in [0, 0.05) is 6.54 Å². The van der Waals surface area contributed by atoms with Crippen molar-refractivity contribution in [2.24, 2.45) is 5.92 Å². The highest BCUT2D eigenvalue weighted by Gasteiger charge is 2.27. The van der Waals surface area contributed by atoms with Gasteiger partial charge in [-0.3, -0.25) is 9.59 Å². The molecule has 0 rings (SSSR count). The first-order valence-corrected chi connectivity index (χ1v) is 5.26. The highest BCUT2D eigenvalue weighted by atomic mass is 32.1. The molecule has 1 amide bonds. The van der Waals surface area contributed by atoms with E-state index in [4.69, 9.17) is 5.11 Å². The van der Waals surface area contributed by atoms with Gasteiger partial charge in [-0.05, 0) is 5.92 Å². The molecule has 0 saturated carbocycles. The van der Waals surface area contributed by atoms with Crippen LogP contribution in [0.15, 0.2) is 0 Å². The number of carboxylic acids is 1. The van der Waals surface area contributed by atoms with Gasteiger partial charge in [0.2, 0.25) is 5.91 Å². The van der Waals surface area contributed by atoms with Crippen LogP contribution in [-0.2, 0) is 9.59 Å². The molecule has 6 heteroatoms. The second kappa shape index (κ2) is 6.19. The van der Waals surface area contributed by atoms with Crippen LogP contribution >= 0.6 is 25.3 Å². The number of thiol groups is 2. The van der Waals surface area contributed by atoms with Crippen molar-refractivity contribution in [1.29, 1.82) is 0 Å². The molecular formula is C8H15NO3S2. The number of carbonyl (C=O) groups is 2. The Labute approximate surface area is 94.3 Å². The monoisotopic (exact) mass is 237 g/mol. The maximum absolute atomic E-state index is 11.3. The molecule has 2 atom stereocenters. The van der Waals surface area contributed by atoms with E-state index in [1.54, 1.807) is 0 Å². The second-order valence-electron chi connectivity index (χ2n) is 3.37. The molecule has 4 nitrogen and oxygen atoms in total. The third-order valence-electron chi connectivity index (χ3n) is 1.51. The number of carboxylic acid groups (broad SMARTS) is 1. The zero-order chi connectivity index (χ0) is 11.3. The number of nitrogens with one attached hydrogen (secondary N) is 1. The molecule has 2 unspecified atom stereocenters. The lowest BCUT2D eigenvalue weighted by Gasteiger charge is -2.15. The van der Waals surface area contributed by atoms with Crippen molar-refractivity contribution in [2.75, 3.05) is 6.54 Å². The first kappa shape index (κ1) is 13.6. The largest absolute Gasteiger partial charge is 0.480 e. The van der Waals surface area contributed by atoms with E-state index in [-0.39, 0.29) is 0 Å².